The number of fused-ring (bicyclic) bond motifs is 1. The quantitative estimate of drug-likeness (QED) is 0.665. The Balaban J connectivity index is 1.92. The number of hydrogen-bond acceptors (Lipinski definition) is 2. The maximum Gasteiger partial charge on any atom is 0.0946 e. The zero-order valence-electron chi connectivity index (χ0n) is 12.4. The van der Waals surface area contributed by atoms with Crippen LogP contribution in [0.2, 0.25) is 0 Å². The number of hydrogen-bond donors (Lipinski definition) is 0. The van der Waals surface area contributed by atoms with E-state index in [0.29, 0.717) is 10.5 Å². The van der Waals surface area contributed by atoms with Gasteiger partial charge in [0.25, 0.3) is 0 Å². The van der Waals surface area contributed by atoms with Crippen molar-refractivity contribution < 1.29 is 0 Å². The summed E-state index contributed by atoms with van der Waals surface area (Å²) in [4.78, 5) is 4.15. The van der Waals surface area contributed by atoms with Crippen molar-refractivity contribution in [2.24, 2.45) is 0 Å². The largest absolute Gasteiger partial charge is 0.336 e. The lowest BCUT2D eigenvalue weighted by molar-refractivity contribution is 0.682. The third-order valence-corrected chi connectivity index (χ3v) is 4.81. The predicted molar refractivity (Wildman–Crippen MR) is 91.6 cm³/mol. The second-order valence-electron chi connectivity index (χ2n) is 5.54. The Hall–Kier alpha value is -1.74. The summed E-state index contributed by atoms with van der Waals surface area (Å²) in [7, 11) is 0. The first-order valence-corrected chi connectivity index (χ1v) is 8.26. The minimum Gasteiger partial charge on any atom is -0.336 e. The molecule has 3 heteroatoms. The average Bonchev–Trinajstić information content (AvgIpc) is 2.98. The molecule has 0 radical (unpaired) electrons. The van der Waals surface area contributed by atoms with Crippen LogP contribution in [0.25, 0.3) is 10.8 Å². The van der Waals surface area contributed by atoms with Crippen LogP contribution in [-0.2, 0) is 6.54 Å². The van der Waals surface area contributed by atoms with E-state index in [4.69, 9.17) is 0 Å². The Kier molecular flexibility index (Phi) is 4.30. The molecule has 0 aliphatic rings. The molecular weight excluding hydrogens is 276 g/mol. The molecule has 1 aromatic heterocycles. The molecule has 2 nitrogen and oxygen atoms in total. The van der Waals surface area contributed by atoms with Gasteiger partial charge in [0.05, 0.1) is 6.33 Å². The summed E-state index contributed by atoms with van der Waals surface area (Å²) in [5.74, 6) is 0. The van der Waals surface area contributed by atoms with Gasteiger partial charge in [0.15, 0.2) is 0 Å². The highest BCUT2D eigenvalue weighted by atomic mass is 32.2. The van der Waals surface area contributed by atoms with Crippen LogP contribution in [-0.4, -0.2) is 14.8 Å². The molecule has 108 valence electrons. The third-order valence-electron chi connectivity index (χ3n) is 3.52. The van der Waals surface area contributed by atoms with Gasteiger partial charge in [-0.15, -0.1) is 11.8 Å². The molecule has 0 amide bonds. The fourth-order valence-electron chi connectivity index (χ4n) is 2.55. The van der Waals surface area contributed by atoms with E-state index < -0.39 is 0 Å². The van der Waals surface area contributed by atoms with E-state index in [1.807, 2.05) is 30.5 Å². The molecule has 3 rings (SSSR count). The molecule has 0 saturated carbocycles. The molecule has 0 saturated heterocycles. The molecule has 2 aromatic carbocycles. The van der Waals surface area contributed by atoms with Crippen LogP contribution in [0.15, 0.2) is 61.2 Å². The number of benzene rings is 2. The molecular formula is C18H20N2S. The van der Waals surface area contributed by atoms with E-state index in [0.717, 1.165) is 6.54 Å². The summed E-state index contributed by atoms with van der Waals surface area (Å²) < 4.78 is 2.16. The molecule has 0 N–H and O–H groups in total. The molecule has 1 atom stereocenters. The van der Waals surface area contributed by atoms with Gasteiger partial charge in [-0.25, -0.2) is 4.98 Å². The number of thioether (sulfide) groups is 1. The molecule has 0 bridgehead atoms. The zero-order valence-corrected chi connectivity index (χ0v) is 13.3. The van der Waals surface area contributed by atoms with E-state index in [-0.39, 0.29) is 0 Å². The second-order valence-corrected chi connectivity index (χ2v) is 7.32. The van der Waals surface area contributed by atoms with Gasteiger partial charge in [0.1, 0.15) is 0 Å². The average molecular weight is 296 g/mol. The molecule has 0 spiro atoms. The minimum absolute atomic E-state index is 0.448. The molecule has 0 fully saturated rings. The highest BCUT2D eigenvalue weighted by molar-refractivity contribution is 8.00. The van der Waals surface area contributed by atoms with E-state index in [1.54, 1.807) is 0 Å². The van der Waals surface area contributed by atoms with Crippen LogP contribution < -0.4 is 0 Å². The first-order valence-electron chi connectivity index (χ1n) is 7.32. The van der Waals surface area contributed by atoms with Crippen LogP contribution >= 0.6 is 11.8 Å². The van der Waals surface area contributed by atoms with Crippen LogP contribution in [0.3, 0.4) is 0 Å². The van der Waals surface area contributed by atoms with Crippen molar-refractivity contribution in [3.05, 3.63) is 66.7 Å². The van der Waals surface area contributed by atoms with E-state index >= 15 is 0 Å². The van der Waals surface area contributed by atoms with Crippen molar-refractivity contribution in [1.82, 2.24) is 9.55 Å². The van der Waals surface area contributed by atoms with E-state index in [1.165, 1.54) is 16.3 Å². The van der Waals surface area contributed by atoms with Crippen molar-refractivity contribution in [3.63, 3.8) is 0 Å². The van der Waals surface area contributed by atoms with Crippen LogP contribution in [0, 0.1) is 0 Å². The molecule has 0 aliphatic heterocycles. The van der Waals surface area contributed by atoms with Crippen molar-refractivity contribution in [2.75, 3.05) is 0 Å². The van der Waals surface area contributed by atoms with Gasteiger partial charge < -0.3 is 4.57 Å². The summed E-state index contributed by atoms with van der Waals surface area (Å²) >= 11 is 2.01. The third kappa shape index (κ3) is 3.48. The number of nitrogens with zero attached hydrogens (tertiary/aromatic N) is 2. The van der Waals surface area contributed by atoms with Gasteiger partial charge in [-0.3, -0.25) is 0 Å². The zero-order chi connectivity index (χ0) is 14.7. The van der Waals surface area contributed by atoms with E-state index in [9.17, 15) is 0 Å². The summed E-state index contributed by atoms with van der Waals surface area (Å²) in [6.07, 6.45) is 5.78. The van der Waals surface area contributed by atoms with Gasteiger partial charge in [-0.2, -0.15) is 0 Å². The molecule has 0 aliphatic carbocycles. The van der Waals surface area contributed by atoms with Gasteiger partial charge in [-0.05, 0) is 27.7 Å². The normalized spacial score (nSPS) is 12.9. The van der Waals surface area contributed by atoms with Crippen LogP contribution in [0.5, 0.6) is 0 Å². The lowest BCUT2D eigenvalue weighted by Gasteiger charge is -2.20. The SMILES string of the molecule is CC(C)SC(Cn1ccnc1)c1ccc2ccccc2c1. The highest BCUT2D eigenvalue weighted by Gasteiger charge is 2.15. The number of rotatable bonds is 5. The maximum atomic E-state index is 4.15. The van der Waals surface area contributed by atoms with Crippen LogP contribution in [0.1, 0.15) is 24.7 Å². The Bertz CT molecular complexity index is 704. The number of imidazole rings is 1. The van der Waals surface area contributed by atoms with Crippen molar-refractivity contribution in [3.8, 4) is 0 Å². The van der Waals surface area contributed by atoms with Gasteiger partial charge >= 0.3 is 0 Å². The standard InChI is InChI=1S/C18H20N2S/c1-14(2)21-18(12-20-10-9-19-13-20)17-8-7-15-5-3-4-6-16(15)11-17/h3-11,13-14,18H,12H2,1-2H3. The Morgan fingerprint density at radius 2 is 1.90 bits per heavy atom. The Labute approximate surface area is 130 Å². The first-order chi connectivity index (χ1) is 10.2. The topological polar surface area (TPSA) is 17.8 Å². The molecule has 1 unspecified atom stereocenters. The van der Waals surface area contributed by atoms with Gasteiger partial charge in [0.2, 0.25) is 0 Å². The smallest absolute Gasteiger partial charge is 0.0946 e. The van der Waals surface area contributed by atoms with Gasteiger partial charge in [-0.1, -0.05) is 50.2 Å². The lowest BCUT2D eigenvalue weighted by Crippen LogP contribution is -2.07. The second kappa shape index (κ2) is 6.35. The summed E-state index contributed by atoms with van der Waals surface area (Å²) in [6.45, 7) is 5.47. The summed E-state index contributed by atoms with van der Waals surface area (Å²) in [5.41, 5.74) is 1.39. The van der Waals surface area contributed by atoms with Crippen molar-refractivity contribution in [2.45, 2.75) is 30.9 Å². The summed E-state index contributed by atoms with van der Waals surface area (Å²) in [6, 6.07) is 15.4. The Morgan fingerprint density at radius 3 is 2.62 bits per heavy atom. The first kappa shape index (κ1) is 14.2. The predicted octanol–water partition coefficient (Wildman–Crippen LogP) is 4.92. The number of aromatic nitrogens is 2. The van der Waals surface area contributed by atoms with Crippen molar-refractivity contribution >= 4 is 22.5 Å². The van der Waals surface area contributed by atoms with Crippen LogP contribution in [0.4, 0.5) is 0 Å². The molecule has 21 heavy (non-hydrogen) atoms. The maximum absolute atomic E-state index is 4.15. The van der Waals surface area contributed by atoms with Crippen molar-refractivity contribution in [1.29, 1.82) is 0 Å². The fraction of sp³-hybridized carbons (Fsp3) is 0.278. The summed E-state index contributed by atoms with van der Waals surface area (Å²) in [5, 5.41) is 3.67. The fourth-order valence-corrected chi connectivity index (χ4v) is 3.77. The van der Waals surface area contributed by atoms with E-state index in [2.05, 4.69) is 65.9 Å². The minimum atomic E-state index is 0.448. The lowest BCUT2D eigenvalue weighted by atomic mass is 10.0. The molecule has 3 aromatic rings. The Morgan fingerprint density at radius 1 is 1.10 bits per heavy atom. The monoisotopic (exact) mass is 296 g/mol. The molecule has 1 heterocycles. The highest BCUT2D eigenvalue weighted by Crippen LogP contribution is 2.35. The van der Waals surface area contributed by atoms with Gasteiger partial charge in [0, 0.05) is 24.2 Å².